The number of aliphatic hydroxyl groups excluding tert-OH is 2. The molecule has 7 atom stereocenters. The Balaban J connectivity index is 1.85. The lowest BCUT2D eigenvalue weighted by Gasteiger charge is -2.40. The number of aryl methyl sites for hydroxylation is 2. The van der Waals surface area contributed by atoms with Gasteiger partial charge in [0.15, 0.2) is 0 Å². The van der Waals surface area contributed by atoms with Crippen molar-refractivity contribution in [2.75, 3.05) is 0 Å². The highest BCUT2D eigenvalue weighted by Crippen LogP contribution is 2.61. The van der Waals surface area contributed by atoms with E-state index in [0.29, 0.717) is 6.42 Å². The largest absolute Gasteiger partial charge is 0.390 e. The standard InChI is InChI=1S/C20H26N2O3/c1-10-6-8-15-17-18-19(12(3)21(10)15)25-20(17,13(4)23)16(24)9-14-7-5-11(2)22(14)18/h5-8,12-13,16-19,23-24H,9H2,1-4H3/t12-,13+,16+,17+,18+,19-,20-/m1/s1. The molecule has 0 aliphatic carbocycles. The lowest BCUT2D eigenvalue weighted by atomic mass is 9.72. The average molecular weight is 342 g/mol. The minimum Gasteiger partial charge on any atom is -0.390 e. The van der Waals surface area contributed by atoms with Crippen molar-refractivity contribution in [3.8, 4) is 0 Å². The van der Waals surface area contributed by atoms with Gasteiger partial charge in [-0.3, -0.25) is 0 Å². The first kappa shape index (κ1) is 15.7. The smallest absolute Gasteiger partial charge is 0.131 e. The second-order valence-electron chi connectivity index (χ2n) is 8.15. The van der Waals surface area contributed by atoms with E-state index < -0.39 is 17.8 Å². The Morgan fingerprint density at radius 1 is 1.16 bits per heavy atom. The Morgan fingerprint density at radius 3 is 2.56 bits per heavy atom. The highest BCUT2D eigenvalue weighted by atomic mass is 16.5. The van der Waals surface area contributed by atoms with E-state index in [1.807, 2.05) is 0 Å². The van der Waals surface area contributed by atoms with Gasteiger partial charge in [0.05, 0.1) is 30.2 Å². The van der Waals surface area contributed by atoms with Gasteiger partial charge in [0.1, 0.15) is 11.7 Å². The molecule has 0 saturated carbocycles. The molecule has 1 fully saturated rings. The van der Waals surface area contributed by atoms with Gasteiger partial charge in [0, 0.05) is 29.2 Å². The molecular formula is C20H26N2O3. The molecule has 3 aliphatic heterocycles. The molecular weight excluding hydrogens is 316 g/mol. The van der Waals surface area contributed by atoms with Crippen LogP contribution in [0.15, 0.2) is 24.3 Å². The Bertz CT molecular complexity index is 851. The van der Waals surface area contributed by atoms with E-state index in [9.17, 15) is 10.2 Å². The maximum atomic E-state index is 11.2. The third kappa shape index (κ3) is 1.65. The van der Waals surface area contributed by atoms with Crippen LogP contribution in [-0.4, -0.2) is 43.3 Å². The van der Waals surface area contributed by atoms with Gasteiger partial charge in [-0.15, -0.1) is 0 Å². The second kappa shape index (κ2) is 4.78. The Labute approximate surface area is 147 Å². The summed E-state index contributed by atoms with van der Waals surface area (Å²) in [4.78, 5) is 0. The number of aromatic nitrogens is 2. The van der Waals surface area contributed by atoms with Crippen LogP contribution < -0.4 is 0 Å². The average Bonchev–Trinajstić information content (AvgIpc) is 3.15. The maximum Gasteiger partial charge on any atom is 0.131 e. The van der Waals surface area contributed by atoms with E-state index in [-0.39, 0.29) is 24.1 Å². The van der Waals surface area contributed by atoms with Crippen molar-refractivity contribution in [2.45, 2.75) is 76.0 Å². The predicted molar refractivity (Wildman–Crippen MR) is 93.8 cm³/mol. The van der Waals surface area contributed by atoms with E-state index in [1.54, 1.807) is 6.92 Å². The molecule has 2 aromatic rings. The molecule has 5 heterocycles. The SMILES string of the molecule is Cc1ccc2n1[C@@H]1[C@@H]3O[C@]([C@H](C)O)([C@@H](O)C2)[C@H]1c1ccc(C)n1[C@@H]3C. The Kier molecular flexibility index (Phi) is 3.00. The van der Waals surface area contributed by atoms with Gasteiger partial charge >= 0.3 is 0 Å². The molecule has 0 radical (unpaired) electrons. The van der Waals surface area contributed by atoms with E-state index >= 15 is 0 Å². The zero-order chi connectivity index (χ0) is 17.7. The van der Waals surface area contributed by atoms with Crippen molar-refractivity contribution < 1.29 is 14.9 Å². The molecule has 134 valence electrons. The van der Waals surface area contributed by atoms with Crippen molar-refractivity contribution in [3.63, 3.8) is 0 Å². The van der Waals surface area contributed by atoms with Crippen LogP contribution in [0.25, 0.3) is 0 Å². The molecule has 3 aliphatic rings. The highest BCUT2D eigenvalue weighted by molar-refractivity contribution is 5.37. The number of hydrogen-bond donors (Lipinski definition) is 2. The molecule has 5 rings (SSSR count). The number of hydrogen-bond acceptors (Lipinski definition) is 3. The van der Waals surface area contributed by atoms with Crippen molar-refractivity contribution in [2.24, 2.45) is 0 Å². The Morgan fingerprint density at radius 2 is 1.84 bits per heavy atom. The minimum absolute atomic E-state index is 0.0650. The molecule has 25 heavy (non-hydrogen) atoms. The van der Waals surface area contributed by atoms with Gasteiger partial charge in [0.2, 0.25) is 0 Å². The quantitative estimate of drug-likeness (QED) is 0.836. The fourth-order valence-corrected chi connectivity index (χ4v) is 5.93. The summed E-state index contributed by atoms with van der Waals surface area (Å²) in [5.74, 6) is -0.0650. The fourth-order valence-electron chi connectivity index (χ4n) is 5.93. The van der Waals surface area contributed by atoms with Crippen LogP contribution in [0.4, 0.5) is 0 Å². The minimum atomic E-state index is -0.964. The lowest BCUT2D eigenvalue weighted by Crippen LogP contribution is -2.55. The molecule has 5 nitrogen and oxygen atoms in total. The van der Waals surface area contributed by atoms with Crippen LogP contribution in [-0.2, 0) is 11.2 Å². The van der Waals surface area contributed by atoms with Crippen LogP contribution in [0.1, 0.15) is 54.6 Å². The van der Waals surface area contributed by atoms with Gasteiger partial charge in [0.25, 0.3) is 0 Å². The van der Waals surface area contributed by atoms with E-state index in [1.165, 1.54) is 17.1 Å². The summed E-state index contributed by atoms with van der Waals surface area (Å²) in [6.07, 6.45) is -1.06. The first-order valence-electron chi connectivity index (χ1n) is 9.26. The number of aliphatic hydroxyl groups is 2. The molecule has 4 bridgehead atoms. The van der Waals surface area contributed by atoms with Crippen molar-refractivity contribution in [1.29, 1.82) is 0 Å². The summed E-state index contributed by atoms with van der Waals surface area (Å²) in [6.45, 7) is 8.19. The highest BCUT2D eigenvalue weighted by Gasteiger charge is 2.67. The van der Waals surface area contributed by atoms with Crippen LogP contribution >= 0.6 is 0 Å². The molecule has 0 aromatic carbocycles. The van der Waals surface area contributed by atoms with Gasteiger partial charge in [-0.25, -0.2) is 0 Å². The topological polar surface area (TPSA) is 59.6 Å². The normalized spacial score (nSPS) is 39.7. The van der Waals surface area contributed by atoms with Gasteiger partial charge in [-0.05, 0) is 52.0 Å². The van der Waals surface area contributed by atoms with Crippen molar-refractivity contribution in [3.05, 3.63) is 47.0 Å². The van der Waals surface area contributed by atoms with Crippen LogP contribution in [0.2, 0.25) is 0 Å². The maximum absolute atomic E-state index is 11.2. The first-order chi connectivity index (χ1) is 11.9. The third-order valence-corrected chi connectivity index (χ3v) is 6.94. The fraction of sp³-hybridized carbons (Fsp3) is 0.600. The van der Waals surface area contributed by atoms with E-state index in [2.05, 4.69) is 54.2 Å². The zero-order valence-corrected chi connectivity index (χ0v) is 15.2. The molecule has 0 spiro atoms. The summed E-state index contributed by atoms with van der Waals surface area (Å²) in [6, 6.07) is 8.80. The number of ether oxygens (including phenoxy) is 1. The summed E-state index contributed by atoms with van der Waals surface area (Å²) in [7, 11) is 0. The molecule has 0 amide bonds. The number of rotatable bonds is 1. The summed E-state index contributed by atoms with van der Waals surface area (Å²) >= 11 is 0. The van der Waals surface area contributed by atoms with Crippen LogP contribution in [0.3, 0.4) is 0 Å². The molecule has 2 N–H and O–H groups in total. The summed E-state index contributed by atoms with van der Waals surface area (Å²) in [5, 5.41) is 22.0. The molecule has 2 aromatic heterocycles. The predicted octanol–water partition coefficient (Wildman–Crippen LogP) is 2.24. The second-order valence-corrected chi connectivity index (χ2v) is 8.15. The Hall–Kier alpha value is -1.56. The van der Waals surface area contributed by atoms with Crippen molar-refractivity contribution in [1.82, 2.24) is 9.13 Å². The monoisotopic (exact) mass is 342 g/mol. The number of fused-ring (bicyclic) bond motifs is 2. The molecule has 5 heteroatoms. The zero-order valence-electron chi connectivity index (χ0n) is 15.2. The first-order valence-corrected chi connectivity index (χ1v) is 9.26. The molecule has 0 unspecified atom stereocenters. The van der Waals surface area contributed by atoms with Gasteiger partial charge in [-0.1, -0.05) is 0 Å². The van der Waals surface area contributed by atoms with E-state index in [0.717, 1.165) is 5.69 Å². The third-order valence-electron chi connectivity index (χ3n) is 6.94. The van der Waals surface area contributed by atoms with Crippen LogP contribution in [0.5, 0.6) is 0 Å². The van der Waals surface area contributed by atoms with E-state index in [4.69, 9.17) is 4.74 Å². The molecule has 1 saturated heterocycles. The summed E-state index contributed by atoms with van der Waals surface area (Å²) < 4.78 is 11.3. The van der Waals surface area contributed by atoms with Gasteiger partial charge in [-0.2, -0.15) is 0 Å². The van der Waals surface area contributed by atoms with Crippen LogP contribution in [0, 0.1) is 13.8 Å². The lowest BCUT2D eigenvalue weighted by molar-refractivity contribution is -0.177. The summed E-state index contributed by atoms with van der Waals surface area (Å²) in [5.41, 5.74) is 3.75. The van der Waals surface area contributed by atoms with Crippen molar-refractivity contribution >= 4 is 0 Å². The van der Waals surface area contributed by atoms with Gasteiger partial charge < -0.3 is 24.1 Å². The number of nitrogens with zero attached hydrogens (tertiary/aromatic N) is 2.